The maximum absolute atomic E-state index is 12.4. The van der Waals surface area contributed by atoms with Gasteiger partial charge in [0.15, 0.2) is 0 Å². The summed E-state index contributed by atoms with van der Waals surface area (Å²) in [6.07, 6.45) is 0.129. The zero-order valence-corrected chi connectivity index (χ0v) is 13.0. The zero-order chi connectivity index (χ0) is 15.0. The van der Waals surface area contributed by atoms with E-state index in [0.29, 0.717) is 23.5 Å². The molecule has 0 aliphatic rings. The van der Waals surface area contributed by atoms with Gasteiger partial charge in [0, 0.05) is 20.6 Å². The number of nitrogens with zero attached hydrogens (tertiary/aromatic N) is 3. The molecule has 0 aliphatic carbocycles. The standard InChI is InChI=1S/C13H20N4O2S/c1-7(18)5-6-16(3)12(19)11-10(14)9-8(2)15-17(4)13(9)20-11/h7,18H,5-6,14H2,1-4H3. The summed E-state index contributed by atoms with van der Waals surface area (Å²) >= 11 is 1.36. The lowest BCUT2D eigenvalue weighted by molar-refractivity contribution is 0.0774. The lowest BCUT2D eigenvalue weighted by Gasteiger charge is -2.17. The monoisotopic (exact) mass is 296 g/mol. The zero-order valence-electron chi connectivity index (χ0n) is 12.2. The molecule has 1 amide bonds. The summed E-state index contributed by atoms with van der Waals surface area (Å²) in [4.78, 5) is 15.5. The number of aromatic nitrogens is 2. The maximum Gasteiger partial charge on any atom is 0.265 e. The number of aryl methyl sites for hydroxylation is 2. The van der Waals surface area contributed by atoms with Crippen LogP contribution < -0.4 is 5.73 Å². The van der Waals surface area contributed by atoms with Crippen LogP contribution in [0.15, 0.2) is 0 Å². The second-order valence-corrected chi connectivity index (χ2v) is 6.10. The van der Waals surface area contributed by atoms with E-state index in [4.69, 9.17) is 5.73 Å². The van der Waals surface area contributed by atoms with Crippen molar-refractivity contribution in [2.45, 2.75) is 26.4 Å². The van der Waals surface area contributed by atoms with Crippen molar-refractivity contribution in [3.63, 3.8) is 0 Å². The minimum atomic E-state index is -0.420. The van der Waals surface area contributed by atoms with Crippen molar-refractivity contribution in [1.29, 1.82) is 0 Å². The quantitative estimate of drug-likeness (QED) is 0.892. The summed E-state index contributed by atoms with van der Waals surface area (Å²) in [6, 6.07) is 0. The molecule has 6 nitrogen and oxygen atoms in total. The first-order valence-electron chi connectivity index (χ1n) is 6.48. The Hall–Kier alpha value is -1.60. The van der Waals surface area contributed by atoms with E-state index in [1.165, 1.54) is 11.3 Å². The molecule has 0 bridgehead atoms. The van der Waals surface area contributed by atoms with Crippen molar-refractivity contribution >= 4 is 33.1 Å². The fourth-order valence-electron chi connectivity index (χ4n) is 2.14. The van der Waals surface area contributed by atoms with Crippen LogP contribution in [0.25, 0.3) is 10.2 Å². The molecule has 0 spiro atoms. The van der Waals surface area contributed by atoms with E-state index >= 15 is 0 Å². The number of thiophene rings is 1. The molecule has 0 fully saturated rings. The number of aliphatic hydroxyl groups is 1. The highest BCUT2D eigenvalue weighted by molar-refractivity contribution is 7.21. The van der Waals surface area contributed by atoms with Gasteiger partial charge >= 0.3 is 0 Å². The van der Waals surface area contributed by atoms with Gasteiger partial charge in [-0.3, -0.25) is 9.48 Å². The molecular weight excluding hydrogens is 276 g/mol. The molecule has 110 valence electrons. The van der Waals surface area contributed by atoms with Gasteiger partial charge in [-0.25, -0.2) is 0 Å². The molecule has 20 heavy (non-hydrogen) atoms. The first kappa shape index (κ1) is 14.8. The number of anilines is 1. The molecule has 0 saturated carbocycles. The first-order chi connectivity index (χ1) is 9.32. The molecule has 0 aliphatic heterocycles. The van der Waals surface area contributed by atoms with Crippen LogP contribution in [0.2, 0.25) is 0 Å². The van der Waals surface area contributed by atoms with Crippen LogP contribution in [0.5, 0.6) is 0 Å². The summed E-state index contributed by atoms with van der Waals surface area (Å²) < 4.78 is 1.75. The number of carbonyl (C=O) groups is 1. The summed E-state index contributed by atoms with van der Waals surface area (Å²) in [5.74, 6) is -0.108. The van der Waals surface area contributed by atoms with Gasteiger partial charge < -0.3 is 15.7 Å². The maximum atomic E-state index is 12.4. The van der Waals surface area contributed by atoms with Gasteiger partial charge in [0.05, 0.1) is 22.9 Å². The molecule has 7 heteroatoms. The number of fused-ring (bicyclic) bond motifs is 1. The highest BCUT2D eigenvalue weighted by Crippen LogP contribution is 2.35. The lowest BCUT2D eigenvalue weighted by Crippen LogP contribution is -2.29. The van der Waals surface area contributed by atoms with Crippen LogP contribution in [0.4, 0.5) is 5.69 Å². The van der Waals surface area contributed by atoms with Gasteiger partial charge in [0.1, 0.15) is 9.71 Å². The van der Waals surface area contributed by atoms with Crippen molar-refractivity contribution in [3.05, 3.63) is 10.6 Å². The SMILES string of the molecule is Cc1nn(C)c2sc(C(=O)N(C)CCC(C)O)c(N)c12. The molecule has 0 aromatic carbocycles. The highest BCUT2D eigenvalue weighted by atomic mass is 32.1. The van der Waals surface area contributed by atoms with Crippen molar-refractivity contribution < 1.29 is 9.90 Å². The van der Waals surface area contributed by atoms with Gasteiger partial charge in [-0.05, 0) is 20.3 Å². The Kier molecular flexibility index (Phi) is 4.01. The minimum Gasteiger partial charge on any atom is -0.397 e. The largest absolute Gasteiger partial charge is 0.397 e. The molecule has 0 radical (unpaired) electrons. The molecule has 2 aromatic rings. The average molecular weight is 296 g/mol. The summed E-state index contributed by atoms with van der Waals surface area (Å²) in [5.41, 5.74) is 7.45. The second-order valence-electron chi connectivity index (χ2n) is 5.10. The Balaban J connectivity index is 2.31. The average Bonchev–Trinajstić information content (AvgIpc) is 2.85. The fraction of sp³-hybridized carbons (Fsp3) is 0.538. The smallest absolute Gasteiger partial charge is 0.265 e. The third-order valence-corrected chi connectivity index (χ3v) is 4.57. The summed E-state index contributed by atoms with van der Waals surface area (Å²) in [7, 11) is 3.57. The third kappa shape index (κ3) is 2.51. The molecule has 0 saturated heterocycles. The Morgan fingerprint density at radius 3 is 2.80 bits per heavy atom. The van der Waals surface area contributed by atoms with Crippen molar-refractivity contribution in [2.75, 3.05) is 19.3 Å². The van der Waals surface area contributed by atoms with Crippen LogP contribution in [-0.4, -0.2) is 45.4 Å². The number of amides is 1. The minimum absolute atomic E-state index is 0.108. The molecule has 1 unspecified atom stereocenters. The van der Waals surface area contributed by atoms with Crippen molar-refractivity contribution in [1.82, 2.24) is 14.7 Å². The van der Waals surface area contributed by atoms with E-state index in [2.05, 4.69) is 5.10 Å². The van der Waals surface area contributed by atoms with Crippen LogP contribution in [-0.2, 0) is 7.05 Å². The number of aliphatic hydroxyl groups excluding tert-OH is 1. The number of nitrogens with two attached hydrogens (primary N) is 1. The normalized spacial score (nSPS) is 12.8. The predicted octanol–water partition coefficient (Wildman–Crippen LogP) is 1.37. The topological polar surface area (TPSA) is 84.4 Å². The van der Waals surface area contributed by atoms with Crippen LogP contribution in [0, 0.1) is 6.92 Å². The Morgan fingerprint density at radius 2 is 2.25 bits per heavy atom. The summed E-state index contributed by atoms with van der Waals surface area (Å²) in [6.45, 7) is 4.10. The van der Waals surface area contributed by atoms with Crippen LogP contribution in [0.1, 0.15) is 28.7 Å². The van der Waals surface area contributed by atoms with Gasteiger partial charge in [-0.1, -0.05) is 0 Å². The van der Waals surface area contributed by atoms with Crippen molar-refractivity contribution in [2.24, 2.45) is 7.05 Å². The van der Waals surface area contributed by atoms with Crippen LogP contribution in [0.3, 0.4) is 0 Å². The van der Waals surface area contributed by atoms with Gasteiger partial charge in [0.2, 0.25) is 0 Å². The molecular formula is C13H20N4O2S. The Bertz CT molecular complexity index is 644. The second kappa shape index (κ2) is 5.41. The van der Waals surface area contributed by atoms with Gasteiger partial charge in [-0.15, -0.1) is 11.3 Å². The summed E-state index contributed by atoms with van der Waals surface area (Å²) in [5, 5.41) is 14.5. The molecule has 2 rings (SSSR count). The molecule has 3 N–H and O–H groups in total. The Morgan fingerprint density at radius 1 is 1.60 bits per heavy atom. The predicted molar refractivity (Wildman–Crippen MR) is 81.0 cm³/mol. The van der Waals surface area contributed by atoms with Crippen LogP contribution >= 0.6 is 11.3 Å². The van der Waals surface area contributed by atoms with Gasteiger partial charge in [-0.2, -0.15) is 5.10 Å². The highest BCUT2D eigenvalue weighted by Gasteiger charge is 2.23. The third-order valence-electron chi connectivity index (χ3n) is 3.31. The van der Waals surface area contributed by atoms with Gasteiger partial charge in [0.25, 0.3) is 5.91 Å². The Labute approximate surface area is 121 Å². The molecule has 1 atom stereocenters. The number of carbonyl (C=O) groups excluding carboxylic acids is 1. The van der Waals surface area contributed by atoms with E-state index in [0.717, 1.165) is 15.9 Å². The van der Waals surface area contributed by atoms with E-state index in [-0.39, 0.29) is 5.91 Å². The number of nitrogen functional groups attached to an aromatic ring is 1. The van der Waals surface area contributed by atoms with E-state index in [1.807, 2.05) is 14.0 Å². The van der Waals surface area contributed by atoms with E-state index in [9.17, 15) is 9.90 Å². The van der Waals surface area contributed by atoms with E-state index < -0.39 is 6.10 Å². The van der Waals surface area contributed by atoms with E-state index in [1.54, 1.807) is 23.6 Å². The molecule has 2 heterocycles. The fourth-order valence-corrected chi connectivity index (χ4v) is 3.32. The lowest BCUT2D eigenvalue weighted by atomic mass is 10.2. The number of hydrogen-bond acceptors (Lipinski definition) is 5. The van der Waals surface area contributed by atoms with Crippen molar-refractivity contribution in [3.8, 4) is 0 Å². The number of hydrogen-bond donors (Lipinski definition) is 2. The molecule has 2 aromatic heterocycles. The number of rotatable bonds is 4. The first-order valence-corrected chi connectivity index (χ1v) is 7.29.